The first kappa shape index (κ1) is 18.9. The fourth-order valence-corrected chi connectivity index (χ4v) is 3.83. The van der Waals surface area contributed by atoms with Crippen LogP contribution in [0.5, 0.6) is 0 Å². The predicted octanol–water partition coefficient (Wildman–Crippen LogP) is 4.20. The molecule has 29 heavy (non-hydrogen) atoms. The molecule has 0 amide bonds. The predicted molar refractivity (Wildman–Crippen MR) is 112 cm³/mol. The van der Waals surface area contributed by atoms with Crippen molar-refractivity contribution in [1.82, 2.24) is 19.9 Å². The molecule has 0 radical (unpaired) electrons. The number of rotatable bonds is 7. The van der Waals surface area contributed by atoms with E-state index < -0.39 is 0 Å². The molecule has 144 valence electrons. The summed E-state index contributed by atoms with van der Waals surface area (Å²) in [4.78, 5) is 18.6. The van der Waals surface area contributed by atoms with E-state index in [1.54, 1.807) is 0 Å². The molecule has 0 aliphatic carbocycles. The summed E-state index contributed by atoms with van der Waals surface area (Å²) in [7, 11) is 2.23. The summed E-state index contributed by atoms with van der Waals surface area (Å²) in [5.41, 5.74) is 4.03. The highest BCUT2D eigenvalue weighted by molar-refractivity contribution is 5.20. The van der Waals surface area contributed by atoms with E-state index in [1.165, 1.54) is 0 Å². The van der Waals surface area contributed by atoms with Crippen LogP contribution in [0.15, 0.2) is 97.6 Å². The second kappa shape index (κ2) is 8.71. The highest BCUT2D eigenvalue weighted by Crippen LogP contribution is 2.35. The van der Waals surface area contributed by atoms with Gasteiger partial charge in [0.2, 0.25) is 0 Å². The number of pyridine rings is 4. The van der Waals surface area contributed by atoms with Crippen molar-refractivity contribution in [2.75, 3.05) is 7.05 Å². The molecule has 4 rings (SSSR count). The summed E-state index contributed by atoms with van der Waals surface area (Å²) in [6, 6.07) is 24.2. The monoisotopic (exact) mass is 382 g/mol. The topological polar surface area (TPSA) is 51.6 Å². The summed E-state index contributed by atoms with van der Waals surface area (Å²) in [5.74, 6) is 0. The maximum Gasteiger partial charge on any atom is 0.175 e. The van der Waals surface area contributed by atoms with Gasteiger partial charge in [-0.2, -0.15) is 0 Å². The van der Waals surface area contributed by atoms with E-state index in [0.717, 1.165) is 35.9 Å². The minimum Gasteiger partial charge on any atom is -0.303 e. The van der Waals surface area contributed by atoms with Gasteiger partial charge >= 0.3 is 0 Å². The zero-order valence-electron chi connectivity index (χ0n) is 16.5. The van der Waals surface area contributed by atoms with Crippen molar-refractivity contribution in [2.45, 2.75) is 19.1 Å². The normalized spacial score (nSPS) is 11.5. The van der Waals surface area contributed by atoms with Crippen LogP contribution in [0.1, 0.15) is 28.8 Å². The third-order valence-corrected chi connectivity index (χ3v) is 5.06. The van der Waals surface area contributed by atoms with Crippen molar-refractivity contribution in [3.63, 3.8) is 0 Å². The average molecular weight is 382 g/mol. The van der Waals surface area contributed by atoms with Crippen LogP contribution in [0, 0.1) is 0 Å². The average Bonchev–Trinajstić information content (AvgIpc) is 2.77. The van der Waals surface area contributed by atoms with E-state index in [4.69, 9.17) is 9.97 Å². The maximum absolute atomic E-state index is 4.71. The molecule has 0 saturated heterocycles. The van der Waals surface area contributed by atoms with Gasteiger partial charge in [0.25, 0.3) is 0 Å². The molecule has 0 spiro atoms. The standard InChI is InChI=1S/C24H24N5/c1-29(18-20-10-2-6-14-25-20,19-21-11-3-7-15-26-21)24(22-12-4-8-16-27-22)23-13-5-9-17-28-23/h2-17,24H,18-19H2,1H3/q+1. The Labute approximate surface area is 171 Å². The van der Waals surface area contributed by atoms with Gasteiger partial charge in [0.15, 0.2) is 6.04 Å². The van der Waals surface area contributed by atoms with Crippen LogP contribution in [-0.4, -0.2) is 31.5 Å². The van der Waals surface area contributed by atoms with Crippen LogP contribution >= 0.6 is 0 Å². The smallest absolute Gasteiger partial charge is 0.175 e. The molecule has 0 bridgehead atoms. The lowest BCUT2D eigenvalue weighted by Crippen LogP contribution is -2.47. The van der Waals surface area contributed by atoms with Crippen molar-refractivity contribution in [3.8, 4) is 0 Å². The summed E-state index contributed by atoms with van der Waals surface area (Å²) in [6.45, 7) is 1.46. The summed E-state index contributed by atoms with van der Waals surface area (Å²) >= 11 is 0. The largest absolute Gasteiger partial charge is 0.303 e. The second-order valence-corrected chi connectivity index (χ2v) is 7.35. The Morgan fingerprint density at radius 1 is 0.586 bits per heavy atom. The fraction of sp³-hybridized carbons (Fsp3) is 0.167. The van der Waals surface area contributed by atoms with E-state index in [0.29, 0.717) is 4.48 Å². The van der Waals surface area contributed by atoms with Crippen LogP contribution in [-0.2, 0) is 13.1 Å². The van der Waals surface area contributed by atoms with Gasteiger partial charge in [-0.1, -0.05) is 24.3 Å². The third kappa shape index (κ3) is 4.52. The Bertz CT molecular complexity index is 927. The molecular formula is C24H24N5+. The first-order chi connectivity index (χ1) is 14.2. The number of quaternary nitrogens is 1. The van der Waals surface area contributed by atoms with Crippen molar-refractivity contribution < 1.29 is 4.48 Å². The molecule has 4 aromatic heterocycles. The lowest BCUT2D eigenvalue weighted by atomic mass is 10.0. The first-order valence-electron chi connectivity index (χ1n) is 9.70. The molecule has 0 saturated carbocycles. The Kier molecular flexibility index (Phi) is 5.68. The van der Waals surface area contributed by atoms with Gasteiger partial charge in [0.1, 0.15) is 24.5 Å². The van der Waals surface area contributed by atoms with Gasteiger partial charge in [0, 0.05) is 24.8 Å². The fourth-order valence-electron chi connectivity index (χ4n) is 3.83. The van der Waals surface area contributed by atoms with Gasteiger partial charge in [0.05, 0.1) is 18.4 Å². The van der Waals surface area contributed by atoms with Crippen LogP contribution in [0.4, 0.5) is 0 Å². The number of hydrogen-bond acceptors (Lipinski definition) is 4. The SMILES string of the molecule is C[N+](Cc1ccccn1)(Cc1ccccn1)C(c1ccccn1)c1ccccn1. The van der Waals surface area contributed by atoms with Crippen molar-refractivity contribution in [2.24, 2.45) is 0 Å². The molecule has 4 aromatic rings. The zero-order valence-corrected chi connectivity index (χ0v) is 16.5. The number of hydrogen-bond donors (Lipinski definition) is 0. The molecule has 5 nitrogen and oxygen atoms in total. The molecular weight excluding hydrogens is 358 g/mol. The van der Waals surface area contributed by atoms with Crippen molar-refractivity contribution in [1.29, 1.82) is 0 Å². The Morgan fingerprint density at radius 3 is 1.34 bits per heavy atom. The first-order valence-corrected chi connectivity index (χ1v) is 9.70. The Morgan fingerprint density at radius 2 is 1.00 bits per heavy atom. The Balaban J connectivity index is 1.83. The van der Waals surface area contributed by atoms with Gasteiger partial charge in [-0.15, -0.1) is 0 Å². The minimum atomic E-state index is -0.0542. The van der Waals surface area contributed by atoms with Crippen molar-refractivity contribution in [3.05, 3.63) is 120 Å². The molecule has 0 aliphatic heterocycles. The lowest BCUT2D eigenvalue weighted by molar-refractivity contribution is -0.960. The molecule has 0 N–H and O–H groups in total. The van der Waals surface area contributed by atoms with E-state index >= 15 is 0 Å². The molecule has 5 heteroatoms. The van der Waals surface area contributed by atoms with Crippen LogP contribution in [0.2, 0.25) is 0 Å². The minimum absolute atomic E-state index is 0.0542. The molecule has 0 atom stereocenters. The van der Waals surface area contributed by atoms with Crippen molar-refractivity contribution >= 4 is 0 Å². The van der Waals surface area contributed by atoms with E-state index in [2.05, 4.69) is 41.3 Å². The molecule has 0 aromatic carbocycles. The van der Waals surface area contributed by atoms with Gasteiger partial charge in [-0.25, -0.2) is 0 Å². The summed E-state index contributed by atoms with van der Waals surface area (Å²) < 4.78 is 0.627. The molecule has 4 heterocycles. The highest BCUT2D eigenvalue weighted by Gasteiger charge is 2.38. The number of nitrogens with zero attached hydrogens (tertiary/aromatic N) is 5. The molecule has 0 fully saturated rings. The maximum atomic E-state index is 4.71. The van der Waals surface area contributed by atoms with Gasteiger partial charge < -0.3 is 4.48 Å². The van der Waals surface area contributed by atoms with E-state index in [9.17, 15) is 0 Å². The Hall–Kier alpha value is -3.44. The van der Waals surface area contributed by atoms with Gasteiger partial charge in [-0.05, 0) is 48.5 Å². The second-order valence-electron chi connectivity index (χ2n) is 7.35. The summed E-state index contributed by atoms with van der Waals surface area (Å²) in [5, 5.41) is 0. The molecule has 0 unspecified atom stereocenters. The van der Waals surface area contributed by atoms with Gasteiger partial charge in [-0.3, -0.25) is 19.9 Å². The molecule has 0 aliphatic rings. The van der Waals surface area contributed by atoms with Crippen LogP contribution < -0.4 is 0 Å². The zero-order chi connectivity index (χ0) is 19.9. The number of aromatic nitrogens is 4. The summed E-state index contributed by atoms with van der Waals surface area (Å²) in [6.07, 6.45) is 7.38. The van der Waals surface area contributed by atoms with E-state index in [1.807, 2.05) is 73.3 Å². The lowest BCUT2D eigenvalue weighted by Gasteiger charge is -2.40. The van der Waals surface area contributed by atoms with Crippen LogP contribution in [0.3, 0.4) is 0 Å². The van der Waals surface area contributed by atoms with Crippen LogP contribution in [0.25, 0.3) is 0 Å². The third-order valence-electron chi connectivity index (χ3n) is 5.06. The van der Waals surface area contributed by atoms with E-state index in [-0.39, 0.29) is 6.04 Å². The highest BCUT2D eigenvalue weighted by atomic mass is 15.4. The quantitative estimate of drug-likeness (QED) is 0.450.